The summed E-state index contributed by atoms with van der Waals surface area (Å²) in [4.78, 5) is 0. The van der Waals surface area contributed by atoms with Crippen molar-refractivity contribution in [1.82, 2.24) is 0 Å². The molecule has 0 aromatic carbocycles. The Labute approximate surface area is 206 Å². The zero-order valence-electron chi connectivity index (χ0n) is 21.7. The van der Waals surface area contributed by atoms with E-state index < -0.39 is 34.7 Å². The van der Waals surface area contributed by atoms with Crippen molar-refractivity contribution in [3.63, 3.8) is 0 Å². The van der Waals surface area contributed by atoms with Gasteiger partial charge in [-0.1, -0.05) is 12.8 Å². The summed E-state index contributed by atoms with van der Waals surface area (Å²) >= 11 is 0. The maximum atomic E-state index is 12.2. The average Bonchev–Trinajstić information content (AvgIpc) is 2.74. The maximum Gasteiger partial charge on any atom is 0.191 e. The molecule has 0 aromatic rings. The van der Waals surface area contributed by atoms with Crippen molar-refractivity contribution in [3.8, 4) is 0 Å². The van der Waals surface area contributed by atoms with Crippen LogP contribution in [0.5, 0.6) is 0 Å². The summed E-state index contributed by atoms with van der Waals surface area (Å²) in [5.41, 5.74) is 0. The van der Waals surface area contributed by atoms with Crippen LogP contribution in [-0.2, 0) is 37.1 Å². The van der Waals surface area contributed by atoms with Crippen molar-refractivity contribution in [1.29, 1.82) is 0 Å². The molecule has 2 N–H and O–H groups in total. The Morgan fingerprint density at radius 1 is 0.647 bits per heavy atom. The van der Waals surface area contributed by atoms with Crippen LogP contribution >= 0.6 is 16.1 Å². The predicted molar refractivity (Wildman–Crippen MR) is 133 cm³/mol. The zero-order valence-corrected chi connectivity index (χ0v) is 23.7. The first-order valence-electron chi connectivity index (χ1n) is 12.2. The van der Waals surface area contributed by atoms with Gasteiger partial charge in [0, 0.05) is 12.3 Å². The Bertz CT molecular complexity index is 534. The van der Waals surface area contributed by atoms with Gasteiger partial charge in [0.2, 0.25) is 0 Å². The molecule has 0 spiro atoms. The topological polar surface area (TPSA) is 130 Å². The van der Waals surface area contributed by atoms with Gasteiger partial charge in [0.15, 0.2) is 28.6 Å². The normalized spacial score (nSPS) is 17.6. The lowest BCUT2D eigenvalue weighted by Crippen LogP contribution is -2.31. The second-order valence-electron chi connectivity index (χ2n) is 8.86. The molecule has 0 fully saturated rings. The van der Waals surface area contributed by atoms with Gasteiger partial charge in [-0.2, -0.15) is 0 Å². The van der Waals surface area contributed by atoms with Crippen LogP contribution in [0.15, 0.2) is 0 Å². The second-order valence-corrected chi connectivity index (χ2v) is 11.9. The van der Waals surface area contributed by atoms with Crippen LogP contribution in [0.25, 0.3) is 0 Å². The quantitative estimate of drug-likeness (QED) is 0.113. The first-order valence-corrected chi connectivity index (χ1v) is 15.3. The van der Waals surface area contributed by atoms with Crippen molar-refractivity contribution < 1.29 is 47.3 Å². The molecule has 0 aliphatic rings. The summed E-state index contributed by atoms with van der Waals surface area (Å²) in [6, 6.07) is 0. The number of hydrogen-bond acceptors (Lipinski definition) is 10. The number of aliphatic hydroxyl groups is 2. The highest BCUT2D eigenvalue weighted by Gasteiger charge is 2.17. The average molecular weight is 535 g/mol. The molecule has 0 rings (SSSR count). The molecule has 0 aliphatic carbocycles. The van der Waals surface area contributed by atoms with Gasteiger partial charge in [0.25, 0.3) is 0 Å². The van der Waals surface area contributed by atoms with Crippen LogP contribution in [0.4, 0.5) is 0 Å². The third kappa shape index (κ3) is 22.6. The third-order valence-corrected chi connectivity index (χ3v) is 6.77. The van der Waals surface area contributed by atoms with Crippen molar-refractivity contribution in [3.05, 3.63) is 0 Å². The largest absolute Gasteiger partial charge is 0.391 e. The van der Waals surface area contributed by atoms with Crippen LogP contribution in [0, 0.1) is 0 Å². The molecule has 10 nitrogen and oxygen atoms in total. The van der Waals surface area contributed by atoms with Gasteiger partial charge >= 0.3 is 0 Å². The van der Waals surface area contributed by atoms with E-state index in [-0.39, 0.29) is 44.7 Å². The lowest BCUT2D eigenvalue weighted by Gasteiger charge is -2.23. The molecule has 0 radical (unpaired) electrons. The molecule has 0 aromatic heterocycles. The summed E-state index contributed by atoms with van der Waals surface area (Å²) < 4.78 is 56.6. The Hall–Kier alpha value is 0.140. The van der Waals surface area contributed by atoms with Crippen molar-refractivity contribution in [2.24, 2.45) is 0 Å². The minimum Gasteiger partial charge on any atom is -0.391 e. The lowest BCUT2D eigenvalue weighted by atomic mass is 10.2. The number of hydrogen-bond donors (Lipinski definition) is 2. The van der Waals surface area contributed by atoms with E-state index >= 15 is 0 Å². The number of unbranched alkanes of at least 4 members (excludes halogenated alkanes) is 3. The van der Waals surface area contributed by atoms with E-state index in [1.165, 1.54) is 0 Å². The molecule has 6 atom stereocenters. The van der Waals surface area contributed by atoms with Crippen molar-refractivity contribution >= 4 is 16.1 Å². The highest BCUT2D eigenvalue weighted by Crippen LogP contribution is 2.27. The van der Waals surface area contributed by atoms with Crippen molar-refractivity contribution in [2.75, 3.05) is 38.8 Å². The van der Waals surface area contributed by atoms with Crippen LogP contribution in [-0.4, -0.2) is 86.0 Å². The molecule has 0 amide bonds. The van der Waals surface area contributed by atoms with E-state index in [1.54, 1.807) is 6.92 Å². The third-order valence-electron chi connectivity index (χ3n) is 4.27. The van der Waals surface area contributed by atoms with E-state index in [9.17, 15) is 19.3 Å². The Morgan fingerprint density at radius 3 is 1.68 bits per heavy atom. The van der Waals surface area contributed by atoms with Gasteiger partial charge < -0.3 is 38.2 Å². The minimum absolute atomic E-state index is 0.0169. The Balaban J connectivity index is 3.91. The summed E-state index contributed by atoms with van der Waals surface area (Å²) in [6.07, 6.45) is 1.44. The standard InChI is InChI=1S/C22H48O10P2/c1-17(2)31-21(24)15-28-22(32-18(3)4)16-30-34(26)12-10-8-7-9-11-33(25)29-14-20(6)27-13-19(5)23/h17-24,33-34H,7-16H2,1-6H3. The van der Waals surface area contributed by atoms with Crippen molar-refractivity contribution in [2.45, 2.75) is 104 Å². The Kier molecular flexibility index (Phi) is 21.3. The molecule has 0 bridgehead atoms. The highest BCUT2D eigenvalue weighted by atomic mass is 31.1. The smallest absolute Gasteiger partial charge is 0.191 e. The first kappa shape index (κ1) is 34.1. The van der Waals surface area contributed by atoms with Crippen LogP contribution < -0.4 is 0 Å². The molecule has 206 valence electrons. The fourth-order valence-corrected chi connectivity index (χ4v) is 4.84. The first-order chi connectivity index (χ1) is 16.0. The predicted octanol–water partition coefficient (Wildman–Crippen LogP) is 3.83. The maximum absolute atomic E-state index is 12.2. The SMILES string of the molecule is CC(O)COC(C)CO[PH](=O)CCCCCC[PH](=O)OCC(OCC(O)OC(C)C)OC(C)C. The number of ether oxygens (including phenoxy) is 4. The van der Waals surface area contributed by atoms with E-state index in [0.29, 0.717) is 12.3 Å². The Morgan fingerprint density at radius 2 is 1.18 bits per heavy atom. The lowest BCUT2D eigenvalue weighted by molar-refractivity contribution is -0.226. The summed E-state index contributed by atoms with van der Waals surface area (Å²) in [7, 11) is -4.32. The van der Waals surface area contributed by atoms with E-state index in [4.69, 9.17) is 28.0 Å². The number of aliphatic hydroxyl groups excluding tert-OH is 2. The zero-order chi connectivity index (χ0) is 25.9. The van der Waals surface area contributed by atoms with E-state index in [2.05, 4.69) is 0 Å². The van der Waals surface area contributed by atoms with Gasteiger partial charge in [0.05, 0.1) is 37.6 Å². The highest BCUT2D eigenvalue weighted by molar-refractivity contribution is 7.39. The summed E-state index contributed by atoms with van der Waals surface area (Å²) in [6.45, 7) is 11.2. The molecule has 12 heteroatoms. The van der Waals surface area contributed by atoms with Crippen LogP contribution in [0.2, 0.25) is 0 Å². The van der Waals surface area contributed by atoms with Gasteiger partial charge in [-0.25, -0.2) is 0 Å². The molecule has 0 saturated heterocycles. The van der Waals surface area contributed by atoms with Gasteiger partial charge in [-0.3, -0.25) is 9.13 Å². The molecule has 0 saturated carbocycles. The monoisotopic (exact) mass is 534 g/mol. The van der Waals surface area contributed by atoms with Gasteiger partial charge in [-0.05, 0) is 54.4 Å². The molecular weight excluding hydrogens is 486 g/mol. The summed E-state index contributed by atoms with van der Waals surface area (Å²) in [5, 5.41) is 18.9. The fourth-order valence-electron chi connectivity index (χ4n) is 2.73. The number of rotatable bonds is 23. The molecular formula is C22H48O10P2. The van der Waals surface area contributed by atoms with Crippen LogP contribution in [0.1, 0.15) is 67.2 Å². The van der Waals surface area contributed by atoms with Gasteiger partial charge in [0.1, 0.15) is 13.2 Å². The van der Waals surface area contributed by atoms with E-state index in [1.807, 2.05) is 34.6 Å². The molecule has 0 aliphatic heterocycles. The minimum atomic E-state index is -2.22. The summed E-state index contributed by atoms with van der Waals surface area (Å²) in [5.74, 6) is 0. The molecule has 34 heavy (non-hydrogen) atoms. The molecule has 6 unspecified atom stereocenters. The fraction of sp³-hybridized carbons (Fsp3) is 1.00. The second kappa shape index (κ2) is 21.2. The van der Waals surface area contributed by atoms with E-state index in [0.717, 1.165) is 25.7 Å². The molecule has 0 heterocycles. The van der Waals surface area contributed by atoms with Gasteiger partial charge in [-0.15, -0.1) is 0 Å². The van der Waals surface area contributed by atoms with Crippen LogP contribution in [0.3, 0.4) is 0 Å².